The van der Waals surface area contributed by atoms with Crippen molar-refractivity contribution in [1.29, 1.82) is 0 Å². The summed E-state index contributed by atoms with van der Waals surface area (Å²) in [5.74, 6) is -0.750. The number of hydrogen-bond donors (Lipinski definition) is 0. The van der Waals surface area contributed by atoms with Crippen LogP contribution in [0.2, 0.25) is 0 Å². The zero-order valence-electron chi connectivity index (χ0n) is 36.1. The highest BCUT2D eigenvalue weighted by atomic mass is 35.5. The summed E-state index contributed by atoms with van der Waals surface area (Å²) in [6.45, 7) is 21.0. The molecular formula is C45H62ClNO11. The molecule has 320 valence electrons. The molecule has 0 saturated carbocycles. The Morgan fingerprint density at radius 1 is 0.690 bits per heavy atom. The topological polar surface area (TPSA) is 138 Å². The van der Waals surface area contributed by atoms with Crippen molar-refractivity contribution in [3.05, 3.63) is 60.3 Å². The third-order valence-electron chi connectivity index (χ3n) is 9.25. The van der Waals surface area contributed by atoms with Crippen LogP contribution in [0.15, 0.2) is 54.7 Å². The number of ether oxygens (including phenoxy) is 7. The van der Waals surface area contributed by atoms with Crippen molar-refractivity contribution in [1.82, 2.24) is 4.57 Å². The van der Waals surface area contributed by atoms with Gasteiger partial charge in [-0.1, -0.05) is 24.3 Å². The maximum absolute atomic E-state index is 13.7. The summed E-state index contributed by atoms with van der Waals surface area (Å²) in [4.78, 5) is 54.1. The fraction of sp³-hybridized carbons (Fsp3) is 0.600. The fourth-order valence-electron chi connectivity index (χ4n) is 5.66. The van der Waals surface area contributed by atoms with Crippen LogP contribution in [0.1, 0.15) is 95.1 Å². The van der Waals surface area contributed by atoms with Crippen LogP contribution in [0.25, 0.3) is 10.9 Å². The van der Waals surface area contributed by atoms with Gasteiger partial charge in [-0.15, -0.1) is 11.6 Å². The standard InChI is InChI=1S/C45H62ClNO11/c1-42(2,3)38(48)53-27-32-34(56-39(49)43(4,5)6)35(57-40(50)44(7,8)9)36(58-41(51)45(10,11)12)37(55-32)54-31-16-13-15-29-22-25-47(33(29)31)24-21-28-17-19-30(20-18-28)52-26-14-23-46/h13,15-20,22,25,32,34-37H,14,21,23-24,26-27H2,1-12H3/t32-,34-,35+,36-,37-/m1/s1. The van der Waals surface area contributed by atoms with Gasteiger partial charge in [0.15, 0.2) is 12.2 Å². The molecule has 0 amide bonds. The Hall–Kier alpha value is -4.29. The molecule has 2 heterocycles. The summed E-state index contributed by atoms with van der Waals surface area (Å²) in [5, 5.41) is 0.878. The number of carbonyl (C=O) groups is 4. The first kappa shape index (κ1) is 46.4. The molecule has 13 heteroatoms. The molecule has 1 fully saturated rings. The second-order valence-electron chi connectivity index (χ2n) is 18.9. The molecule has 0 spiro atoms. The van der Waals surface area contributed by atoms with Crippen molar-refractivity contribution in [2.24, 2.45) is 21.7 Å². The first-order valence-electron chi connectivity index (χ1n) is 19.9. The minimum atomic E-state index is -1.44. The summed E-state index contributed by atoms with van der Waals surface area (Å²) in [5.41, 5.74) is -2.02. The van der Waals surface area contributed by atoms with E-state index in [1.54, 1.807) is 89.2 Å². The van der Waals surface area contributed by atoms with E-state index in [1.165, 1.54) is 0 Å². The zero-order chi connectivity index (χ0) is 43.2. The monoisotopic (exact) mass is 827 g/mol. The van der Waals surface area contributed by atoms with Crippen LogP contribution in [0.5, 0.6) is 11.5 Å². The van der Waals surface area contributed by atoms with E-state index in [4.69, 9.17) is 44.8 Å². The third-order valence-corrected chi connectivity index (χ3v) is 9.52. The van der Waals surface area contributed by atoms with Gasteiger partial charge in [-0.3, -0.25) is 19.2 Å². The summed E-state index contributed by atoms with van der Waals surface area (Å²) >= 11 is 5.78. The first-order valence-corrected chi connectivity index (χ1v) is 20.4. The molecule has 5 atom stereocenters. The van der Waals surface area contributed by atoms with Crippen LogP contribution in [-0.2, 0) is 55.8 Å². The number of carbonyl (C=O) groups excluding carboxylic acids is 4. The smallest absolute Gasteiger partial charge is 0.311 e. The number of alkyl halides is 1. The molecule has 1 saturated heterocycles. The Kier molecular flexibility index (Phi) is 15.0. The van der Waals surface area contributed by atoms with Crippen molar-refractivity contribution in [3.8, 4) is 11.5 Å². The van der Waals surface area contributed by atoms with Gasteiger partial charge >= 0.3 is 23.9 Å². The number of nitrogens with zero attached hydrogens (tertiary/aromatic N) is 1. The van der Waals surface area contributed by atoms with Crippen molar-refractivity contribution >= 4 is 46.4 Å². The Morgan fingerprint density at radius 3 is 1.79 bits per heavy atom. The van der Waals surface area contributed by atoms with E-state index < -0.39 is 82.8 Å². The molecule has 4 rings (SSSR count). The SMILES string of the molecule is CC(C)(C)C(=O)OC[C@H]1O[C@@H](Oc2cccc3ccn(CCc4ccc(OCCCCl)cc4)c23)[C@H](OC(=O)C(C)(C)C)[C@@H](OC(=O)C(C)(C)C)[C@@H]1OC(=O)C(C)(C)C. The second kappa shape index (κ2) is 18.7. The number of fused-ring (bicyclic) bond motifs is 1. The number of hydrogen-bond acceptors (Lipinski definition) is 11. The molecule has 3 aromatic rings. The number of aromatic nitrogens is 1. The maximum atomic E-state index is 13.7. The maximum Gasteiger partial charge on any atom is 0.311 e. The van der Waals surface area contributed by atoms with Gasteiger partial charge in [0, 0.05) is 24.0 Å². The highest BCUT2D eigenvalue weighted by molar-refractivity contribution is 6.17. The molecule has 1 aromatic heterocycles. The lowest BCUT2D eigenvalue weighted by Crippen LogP contribution is -2.64. The summed E-state index contributed by atoms with van der Waals surface area (Å²) in [6, 6.07) is 15.5. The largest absolute Gasteiger partial charge is 0.494 e. The van der Waals surface area contributed by atoms with E-state index in [2.05, 4.69) is 4.57 Å². The fourth-order valence-corrected chi connectivity index (χ4v) is 5.77. The van der Waals surface area contributed by atoms with Crippen LogP contribution in [0, 0.1) is 21.7 Å². The van der Waals surface area contributed by atoms with Crippen molar-refractivity contribution in [2.45, 2.75) is 133 Å². The van der Waals surface area contributed by atoms with Crippen LogP contribution in [-0.4, -0.2) is 78.2 Å². The summed E-state index contributed by atoms with van der Waals surface area (Å²) in [7, 11) is 0. The van der Waals surface area contributed by atoms with Crippen LogP contribution < -0.4 is 9.47 Å². The van der Waals surface area contributed by atoms with Crippen molar-refractivity contribution in [3.63, 3.8) is 0 Å². The van der Waals surface area contributed by atoms with Crippen LogP contribution >= 0.6 is 11.6 Å². The molecule has 2 aromatic carbocycles. The van der Waals surface area contributed by atoms with Crippen molar-refractivity contribution < 1.29 is 52.3 Å². The van der Waals surface area contributed by atoms with Gasteiger partial charge in [-0.25, -0.2) is 0 Å². The molecular weight excluding hydrogens is 766 g/mol. The van der Waals surface area contributed by atoms with Crippen LogP contribution in [0.4, 0.5) is 0 Å². The van der Waals surface area contributed by atoms with Gasteiger partial charge < -0.3 is 37.7 Å². The molecule has 0 unspecified atom stereocenters. The average Bonchev–Trinajstić information content (AvgIpc) is 3.55. The number of para-hydroxylation sites is 1. The molecule has 12 nitrogen and oxygen atoms in total. The number of aryl methyl sites for hydroxylation is 2. The Bertz CT molecular complexity index is 1880. The molecule has 1 aliphatic heterocycles. The second-order valence-corrected chi connectivity index (χ2v) is 19.2. The van der Waals surface area contributed by atoms with Gasteiger partial charge in [-0.2, -0.15) is 0 Å². The number of benzene rings is 2. The van der Waals surface area contributed by atoms with Gasteiger partial charge in [-0.05, 0) is 126 Å². The third kappa shape index (κ3) is 12.4. The van der Waals surface area contributed by atoms with Gasteiger partial charge in [0.25, 0.3) is 0 Å². The lowest BCUT2D eigenvalue weighted by atomic mass is 9.93. The zero-order valence-corrected chi connectivity index (χ0v) is 36.9. The van der Waals surface area contributed by atoms with E-state index in [1.807, 2.05) is 48.7 Å². The lowest BCUT2D eigenvalue weighted by Gasteiger charge is -2.45. The highest BCUT2D eigenvalue weighted by Crippen LogP contribution is 2.37. The minimum absolute atomic E-state index is 0.390. The van der Waals surface area contributed by atoms with E-state index in [-0.39, 0.29) is 0 Å². The minimum Gasteiger partial charge on any atom is -0.494 e. The van der Waals surface area contributed by atoms with Crippen LogP contribution in [0.3, 0.4) is 0 Å². The molecule has 58 heavy (non-hydrogen) atoms. The number of rotatable bonds is 14. The molecule has 0 aliphatic carbocycles. The normalized spacial score (nSPS) is 20.3. The first-order chi connectivity index (χ1) is 26.9. The van der Waals surface area contributed by atoms with Gasteiger partial charge in [0.1, 0.15) is 24.2 Å². The highest BCUT2D eigenvalue weighted by Gasteiger charge is 2.55. The van der Waals surface area contributed by atoms with E-state index in [9.17, 15) is 19.2 Å². The van der Waals surface area contributed by atoms with Gasteiger partial charge in [0.2, 0.25) is 12.4 Å². The van der Waals surface area contributed by atoms with E-state index in [0.717, 1.165) is 28.6 Å². The predicted octanol–water partition coefficient (Wildman–Crippen LogP) is 8.46. The van der Waals surface area contributed by atoms with Gasteiger partial charge in [0.05, 0.1) is 33.8 Å². The summed E-state index contributed by atoms with van der Waals surface area (Å²) < 4.78 is 45.3. The quantitative estimate of drug-likeness (QED) is 0.0670. The number of halogens is 1. The number of esters is 4. The Morgan fingerprint density at radius 2 is 1.24 bits per heavy atom. The molecule has 0 bridgehead atoms. The van der Waals surface area contributed by atoms with E-state index in [0.29, 0.717) is 31.2 Å². The summed E-state index contributed by atoms with van der Waals surface area (Å²) in [6.07, 6.45) is -3.46. The Balaban J connectivity index is 1.78. The lowest BCUT2D eigenvalue weighted by molar-refractivity contribution is -0.293. The van der Waals surface area contributed by atoms with E-state index >= 15 is 0 Å². The molecule has 1 aliphatic rings. The Labute approximate surface area is 348 Å². The molecule has 0 N–H and O–H groups in total. The average molecular weight is 828 g/mol. The van der Waals surface area contributed by atoms with Crippen molar-refractivity contribution in [2.75, 3.05) is 19.1 Å². The molecule has 0 radical (unpaired) electrons. The predicted molar refractivity (Wildman–Crippen MR) is 221 cm³/mol.